The summed E-state index contributed by atoms with van der Waals surface area (Å²) in [6.07, 6.45) is 10.7. The lowest BCUT2D eigenvalue weighted by atomic mass is 9.79. The largest absolute Gasteiger partial charge is 0.394 e. The predicted molar refractivity (Wildman–Crippen MR) is 58.2 cm³/mol. The molecule has 0 spiro atoms. The highest BCUT2D eigenvalue weighted by atomic mass is 16.3. The second-order valence-corrected chi connectivity index (χ2v) is 5.18. The van der Waals surface area contributed by atoms with E-state index in [1.165, 1.54) is 51.4 Å². The summed E-state index contributed by atoms with van der Waals surface area (Å²) in [4.78, 5) is 0. The fourth-order valence-electron chi connectivity index (χ4n) is 3.19. The lowest BCUT2D eigenvalue weighted by Crippen LogP contribution is -2.45. The van der Waals surface area contributed by atoms with Crippen LogP contribution in [0.25, 0.3) is 0 Å². The van der Waals surface area contributed by atoms with E-state index < -0.39 is 0 Å². The molecule has 0 aromatic rings. The van der Waals surface area contributed by atoms with E-state index in [9.17, 15) is 5.11 Å². The van der Waals surface area contributed by atoms with Crippen LogP contribution in [0.1, 0.15) is 51.4 Å². The van der Waals surface area contributed by atoms with Crippen LogP contribution in [0.3, 0.4) is 0 Å². The van der Waals surface area contributed by atoms with Gasteiger partial charge in [0.05, 0.1) is 6.61 Å². The first-order valence-electron chi connectivity index (χ1n) is 6.21. The molecule has 0 radical (unpaired) electrons. The van der Waals surface area contributed by atoms with Crippen molar-refractivity contribution in [2.24, 2.45) is 5.92 Å². The third-order valence-electron chi connectivity index (χ3n) is 4.04. The number of nitrogens with one attached hydrogen (secondary N) is 1. The molecule has 1 heterocycles. The summed E-state index contributed by atoms with van der Waals surface area (Å²) in [6.45, 7) is 1.44. The van der Waals surface area contributed by atoms with E-state index in [2.05, 4.69) is 5.32 Å². The van der Waals surface area contributed by atoms with Crippen molar-refractivity contribution in [2.45, 2.75) is 56.9 Å². The maximum Gasteiger partial charge on any atom is 0.0613 e. The van der Waals surface area contributed by atoms with Crippen LogP contribution >= 0.6 is 0 Å². The zero-order chi connectivity index (χ0) is 9.86. The van der Waals surface area contributed by atoms with E-state index in [0.29, 0.717) is 6.61 Å². The second-order valence-electron chi connectivity index (χ2n) is 5.18. The summed E-state index contributed by atoms with van der Waals surface area (Å²) >= 11 is 0. The Morgan fingerprint density at radius 2 is 1.93 bits per heavy atom. The minimum absolute atomic E-state index is 0.0992. The number of hydrogen-bond donors (Lipinski definition) is 2. The second kappa shape index (κ2) is 4.63. The van der Waals surface area contributed by atoms with Crippen molar-refractivity contribution in [3.8, 4) is 0 Å². The molecule has 2 aliphatic rings. The Balaban J connectivity index is 1.86. The zero-order valence-electron chi connectivity index (χ0n) is 9.10. The Bertz CT molecular complexity index is 169. The third kappa shape index (κ3) is 2.29. The van der Waals surface area contributed by atoms with E-state index >= 15 is 0 Å². The van der Waals surface area contributed by atoms with Gasteiger partial charge in [0.25, 0.3) is 0 Å². The van der Waals surface area contributed by atoms with Gasteiger partial charge in [0.15, 0.2) is 0 Å². The van der Waals surface area contributed by atoms with Gasteiger partial charge in [-0.05, 0) is 31.7 Å². The topological polar surface area (TPSA) is 32.3 Å². The molecule has 1 unspecified atom stereocenters. The molecular formula is C12H23NO. The molecule has 0 aromatic heterocycles. The highest BCUT2D eigenvalue weighted by molar-refractivity contribution is 4.94. The van der Waals surface area contributed by atoms with E-state index in [4.69, 9.17) is 0 Å². The first-order valence-corrected chi connectivity index (χ1v) is 6.21. The SMILES string of the molecule is OCC1(CC2CCCCC2)CCCN1. The maximum atomic E-state index is 9.48. The van der Waals surface area contributed by atoms with Gasteiger partial charge in [-0.3, -0.25) is 0 Å². The van der Waals surface area contributed by atoms with Gasteiger partial charge in [-0.15, -0.1) is 0 Å². The monoisotopic (exact) mass is 197 g/mol. The molecule has 2 fully saturated rings. The molecule has 1 saturated heterocycles. The molecule has 2 N–H and O–H groups in total. The maximum absolute atomic E-state index is 9.48. The van der Waals surface area contributed by atoms with Crippen molar-refractivity contribution in [3.63, 3.8) is 0 Å². The summed E-state index contributed by atoms with van der Waals surface area (Å²) in [5.74, 6) is 0.876. The summed E-state index contributed by atoms with van der Waals surface area (Å²) in [5, 5.41) is 13.0. The molecule has 1 saturated carbocycles. The smallest absolute Gasteiger partial charge is 0.0613 e. The van der Waals surface area contributed by atoms with Gasteiger partial charge >= 0.3 is 0 Å². The lowest BCUT2D eigenvalue weighted by Gasteiger charge is -2.33. The van der Waals surface area contributed by atoms with Crippen molar-refractivity contribution in [2.75, 3.05) is 13.2 Å². The molecule has 0 bridgehead atoms. The van der Waals surface area contributed by atoms with Crippen LogP contribution in [0.4, 0.5) is 0 Å². The van der Waals surface area contributed by atoms with Gasteiger partial charge < -0.3 is 10.4 Å². The van der Waals surface area contributed by atoms with Gasteiger partial charge in [0.2, 0.25) is 0 Å². The molecular weight excluding hydrogens is 174 g/mol. The van der Waals surface area contributed by atoms with Crippen molar-refractivity contribution in [1.82, 2.24) is 5.32 Å². The summed E-state index contributed by atoms with van der Waals surface area (Å²) in [6, 6.07) is 0. The van der Waals surface area contributed by atoms with Crippen molar-refractivity contribution in [1.29, 1.82) is 0 Å². The molecule has 2 rings (SSSR count). The van der Waals surface area contributed by atoms with E-state index in [-0.39, 0.29) is 5.54 Å². The fourth-order valence-corrected chi connectivity index (χ4v) is 3.19. The molecule has 2 nitrogen and oxygen atoms in total. The molecule has 1 atom stereocenters. The number of hydrogen-bond acceptors (Lipinski definition) is 2. The molecule has 14 heavy (non-hydrogen) atoms. The quantitative estimate of drug-likeness (QED) is 0.726. The zero-order valence-corrected chi connectivity index (χ0v) is 9.10. The van der Waals surface area contributed by atoms with Gasteiger partial charge in [-0.1, -0.05) is 32.1 Å². The lowest BCUT2D eigenvalue weighted by molar-refractivity contribution is 0.138. The van der Waals surface area contributed by atoms with E-state index in [1.54, 1.807) is 0 Å². The number of aliphatic hydroxyl groups is 1. The van der Waals surface area contributed by atoms with Crippen LogP contribution in [0.15, 0.2) is 0 Å². The molecule has 82 valence electrons. The van der Waals surface area contributed by atoms with Crippen molar-refractivity contribution >= 4 is 0 Å². The van der Waals surface area contributed by atoms with Crippen LogP contribution in [-0.2, 0) is 0 Å². The van der Waals surface area contributed by atoms with Gasteiger partial charge in [-0.25, -0.2) is 0 Å². The summed E-state index contributed by atoms with van der Waals surface area (Å²) in [5.41, 5.74) is 0.0992. The van der Waals surface area contributed by atoms with Crippen molar-refractivity contribution < 1.29 is 5.11 Å². The average molecular weight is 197 g/mol. The molecule has 1 aliphatic carbocycles. The summed E-state index contributed by atoms with van der Waals surface area (Å²) < 4.78 is 0. The van der Waals surface area contributed by atoms with Crippen LogP contribution in [0.2, 0.25) is 0 Å². The van der Waals surface area contributed by atoms with Gasteiger partial charge in [0.1, 0.15) is 0 Å². The van der Waals surface area contributed by atoms with Crippen LogP contribution in [0.5, 0.6) is 0 Å². The molecule has 0 aromatic carbocycles. The van der Waals surface area contributed by atoms with E-state index in [0.717, 1.165) is 12.5 Å². The Kier molecular flexibility index (Phi) is 3.45. The normalized spacial score (nSPS) is 34.9. The van der Waals surface area contributed by atoms with E-state index in [1.807, 2.05) is 0 Å². The molecule has 2 heteroatoms. The Morgan fingerprint density at radius 3 is 2.50 bits per heavy atom. The predicted octanol–water partition coefficient (Wildman–Crippen LogP) is 2.07. The molecule has 1 aliphatic heterocycles. The van der Waals surface area contributed by atoms with Crippen LogP contribution in [-0.4, -0.2) is 23.8 Å². The van der Waals surface area contributed by atoms with Crippen LogP contribution < -0.4 is 5.32 Å². The standard InChI is InChI=1S/C12H23NO/c14-10-12(7-4-8-13-12)9-11-5-2-1-3-6-11/h11,13-14H,1-10H2. The highest BCUT2D eigenvalue weighted by Gasteiger charge is 2.35. The summed E-state index contributed by atoms with van der Waals surface area (Å²) in [7, 11) is 0. The fraction of sp³-hybridized carbons (Fsp3) is 1.00. The number of rotatable bonds is 3. The third-order valence-corrected chi connectivity index (χ3v) is 4.04. The Labute approximate surface area is 87.1 Å². The van der Waals surface area contributed by atoms with Crippen LogP contribution in [0, 0.1) is 5.92 Å². The molecule has 0 amide bonds. The minimum Gasteiger partial charge on any atom is -0.394 e. The Morgan fingerprint density at radius 1 is 1.14 bits per heavy atom. The average Bonchev–Trinajstić information content (AvgIpc) is 2.69. The van der Waals surface area contributed by atoms with Gasteiger partial charge in [-0.2, -0.15) is 0 Å². The first kappa shape index (κ1) is 10.4. The van der Waals surface area contributed by atoms with Gasteiger partial charge in [0, 0.05) is 5.54 Å². The van der Waals surface area contributed by atoms with Crippen molar-refractivity contribution in [3.05, 3.63) is 0 Å². The Hall–Kier alpha value is -0.0800. The highest BCUT2D eigenvalue weighted by Crippen LogP contribution is 2.34. The first-order chi connectivity index (χ1) is 6.85. The minimum atomic E-state index is 0.0992. The number of aliphatic hydroxyl groups excluding tert-OH is 1.